The fourth-order valence-electron chi connectivity index (χ4n) is 2.47. The molecule has 0 aliphatic carbocycles. The van der Waals surface area contributed by atoms with Crippen LogP contribution in [0.4, 0.5) is 5.82 Å². The van der Waals surface area contributed by atoms with Crippen LogP contribution in [0, 0.1) is 0 Å². The van der Waals surface area contributed by atoms with Crippen LogP contribution >= 0.6 is 0 Å². The van der Waals surface area contributed by atoms with Crippen LogP contribution in [-0.4, -0.2) is 36.1 Å². The van der Waals surface area contributed by atoms with Crippen LogP contribution in [0.3, 0.4) is 0 Å². The number of anilines is 1. The Morgan fingerprint density at radius 3 is 2.89 bits per heavy atom. The summed E-state index contributed by atoms with van der Waals surface area (Å²) in [6, 6.07) is 8.52. The van der Waals surface area contributed by atoms with Crippen molar-refractivity contribution in [3.63, 3.8) is 0 Å². The lowest BCUT2D eigenvalue weighted by Gasteiger charge is -2.32. The van der Waals surface area contributed by atoms with E-state index < -0.39 is 0 Å². The molecular formula is C14H18N4. The highest BCUT2D eigenvalue weighted by Crippen LogP contribution is 2.18. The van der Waals surface area contributed by atoms with E-state index in [9.17, 15) is 0 Å². The standard InChI is InChI=1S/C14H18N4/c1-18(11-5-4-8-15-9-11)14-10-16-12-6-2-3-7-13(12)17-14/h2-3,6-7,10-11,15H,4-5,8-9H2,1H3/t11-/m1/s1. The maximum Gasteiger partial charge on any atom is 0.147 e. The Bertz CT molecular complexity index is 534. The van der Waals surface area contributed by atoms with Gasteiger partial charge >= 0.3 is 0 Å². The molecule has 0 bridgehead atoms. The summed E-state index contributed by atoms with van der Waals surface area (Å²) >= 11 is 0. The van der Waals surface area contributed by atoms with Gasteiger partial charge in [0.15, 0.2) is 0 Å². The first-order valence-corrected chi connectivity index (χ1v) is 6.50. The van der Waals surface area contributed by atoms with Crippen LogP contribution in [0.1, 0.15) is 12.8 Å². The van der Waals surface area contributed by atoms with Crippen LogP contribution in [0.15, 0.2) is 30.5 Å². The summed E-state index contributed by atoms with van der Waals surface area (Å²) in [5.74, 6) is 0.961. The van der Waals surface area contributed by atoms with Crippen molar-refractivity contribution >= 4 is 16.9 Å². The Hall–Kier alpha value is -1.68. The van der Waals surface area contributed by atoms with E-state index in [1.807, 2.05) is 30.5 Å². The average Bonchev–Trinajstić information content (AvgIpc) is 2.47. The predicted molar refractivity (Wildman–Crippen MR) is 73.8 cm³/mol. The lowest BCUT2D eigenvalue weighted by atomic mass is 10.1. The molecule has 1 saturated heterocycles. The second-order valence-corrected chi connectivity index (χ2v) is 4.83. The molecule has 1 atom stereocenters. The van der Waals surface area contributed by atoms with E-state index in [-0.39, 0.29) is 0 Å². The summed E-state index contributed by atoms with van der Waals surface area (Å²) in [6.07, 6.45) is 4.32. The molecule has 0 unspecified atom stereocenters. The van der Waals surface area contributed by atoms with Gasteiger partial charge in [-0.15, -0.1) is 0 Å². The molecule has 94 valence electrons. The predicted octanol–water partition coefficient (Wildman–Crippen LogP) is 1.82. The second kappa shape index (κ2) is 4.90. The average molecular weight is 242 g/mol. The van der Waals surface area contributed by atoms with Crippen molar-refractivity contribution in [3.8, 4) is 0 Å². The van der Waals surface area contributed by atoms with Crippen LogP contribution in [-0.2, 0) is 0 Å². The normalized spacial score (nSPS) is 19.9. The summed E-state index contributed by atoms with van der Waals surface area (Å²) < 4.78 is 0. The van der Waals surface area contributed by atoms with Crippen LogP contribution in [0.25, 0.3) is 11.0 Å². The van der Waals surface area contributed by atoms with Crippen molar-refractivity contribution in [2.75, 3.05) is 25.0 Å². The fraction of sp³-hybridized carbons (Fsp3) is 0.429. The molecule has 2 heterocycles. The smallest absolute Gasteiger partial charge is 0.147 e. The maximum atomic E-state index is 4.69. The molecule has 4 heteroatoms. The van der Waals surface area contributed by atoms with Gasteiger partial charge in [0.25, 0.3) is 0 Å². The first-order chi connectivity index (χ1) is 8.84. The van der Waals surface area contributed by atoms with Crippen molar-refractivity contribution in [2.45, 2.75) is 18.9 Å². The number of piperidine rings is 1. The van der Waals surface area contributed by atoms with Crippen LogP contribution in [0.5, 0.6) is 0 Å². The number of hydrogen-bond donors (Lipinski definition) is 1. The first kappa shape index (κ1) is 11.4. The van der Waals surface area contributed by atoms with Gasteiger partial charge in [0.05, 0.1) is 17.2 Å². The fourth-order valence-corrected chi connectivity index (χ4v) is 2.47. The number of fused-ring (bicyclic) bond motifs is 1. The number of rotatable bonds is 2. The summed E-state index contributed by atoms with van der Waals surface area (Å²) in [7, 11) is 2.11. The minimum absolute atomic E-state index is 0.522. The van der Waals surface area contributed by atoms with Crippen molar-refractivity contribution in [1.29, 1.82) is 0 Å². The zero-order chi connectivity index (χ0) is 12.4. The van der Waals surface area contributed by atoms with Gasteiger partial charge < -0.3 is 10.2 Å². The zero-order valence-corrected chi connectivity index (χ0v) is 10.6. The quantitative estimate of drug-likeness (QED) is 0.872. The number of hydrogen-bond acceptors (Lipinski definition) is 4. The van der Waals surface area contributed by atoms with E-state index in [1.54, 1.807) is 0 Å². The Balaban J connectivity index is 1.88. The monoisotopic (exact) mass is 242 g/mol. The molecule has 0 radical (unpaired) electrons. The molecule has 1 aliphatic heterocycles. The van der Waals surface area contributed by atoms with Gasteiger partial charge in [-0.1, -0.05) is 12.1 Å². The number of likely N-dealkylation sites (N-methyl/N-ethyl adjacent to an activating group) is 1. The second-order valence-electron chi connectivity index (χ2n) is 4.83. The highest BCUT2D eigenvalue weighted by Gasteiger charge is 2.19. The van der Waals surface area contributed by atoms with Gasteiger partial charge in [-0.2, -0.15) is 0 Å². The van der Waals surface area contributed by atoms with Gasteiger partial charge in [-0.05, 0) is 31.5 Å². The van der Waals surface area contributed by atoms with Crippen LogP contribution in [0.2, 0.25) is 0 Å². The molecular weight excluding hydrogens is 224 g/mol. The Morgan fingerprint density at radius 1 is 1.28 bits per heavy atom. The Kier molecular flexibility index (Phi) is 3.11. The van der Waals surface area contributed by atoms with Gasteiger partial charge in [0.2, 0.25) is 0 Å². The maximum absolute atomic E-state index is 4.69. The Morgan fingerprint density at radius 2 is 2.11 bits per heavy atom. The van der Waals surface area contributed by atoms with Gasteiger partial charge in [-0.3, -0.25) is 4.98 Å². The molecule has 3 rings (SSSR count). The van der Waals surface area contributed by atoms with Crippen molar-refractivity contribution in [3.05, 3.63) is 30.5 Å². The zero-order valence-electron chi connectivity index (χ0n) is 10.6. The van der Waals surface area contributed by atoms with E-state index >= 15 is 0 Å². The highest BCUT2D eigenvalue weighted by molar-refractivity contribution is 5.75. The summed E-state index contributed by atoms with van der Waals surface area (Å²) in [5.41, 5.74) is 1.92. The third kappa shape index (κ3) is 2.16. The largest absolute Gasteiger partial charge is 0.354 e. The summed E-state index contributed by atoms with van der Waals surface area (Å²) in [6.45, 7) is 2.17. The molecule has 1 aromatic carbocycles. The topological polar surface area (TPSA) is 41.1 Å². The van der Waals surface area contributed by atoms with Gasteiger partial charge in [0, 0.05) is 19.6 Å². The van der Waals surface area contributed by atoms with Crippen LogP contribution < -0.4 is 10.2 Å². The lowest BCUT2D eigenvalue weighted by Crippen LogP contribution is -2.44. The molecule has 0 saturated carbocycles. The summed E-state index contributed by atoms with van der Waals surface area (Å²) in [4.78, 5) is 11.4. The molecule has 1 aliphatic rings. The molecule has 1 aromatic heterocycles. The third-order valence-electron chi connectivity index (χ3n) is 3.62. The summed E-state index contributed by atoms with van der Waals surface area (Å²) in [5, 5.41) is 3.43. The number of aromatic nitrogens is 2. The van der Waals surface area contributed by atoms with E-state index in [2.05, 4.69) is 27.2 Å². The van der Waals surface area contributed by atoms with E-state index in [0.29, 0.717) is 6.04 Å². The van der Waals surface area contributed by atoms with Crippen molar-refractivity contribution in [1.82, 2.24) is 15.3 Å². The number of benzene rings is 1. The molecule has 4 nitrogen and oxygen atoms in total. The van der Waals surface area contributed by atoms with Gasteiger partial charge in [0.1, 0.15) is 5.82 Å². The minimum atomic E-state index is 0.522. The van der Waals surface area contributed by atoms with E-state index in [1.165, 1.54) is 12.8 Å². The SMILES string of the molecule is CN(c1cnc2ccccc2n1)[C@@H]1CCCNC1. The molecule has 0 amide bonds. The molecule has 1 N–H and O–H groups in total. The molecule has 18 heavy (non-hydrogen) atoms. The third-order valence-corrected chi connectivity index (χ3v) is 3.62. The number of nitrogens with one attached hydrogen (secondary N) is 1. The number of para-hydroxylation sites is 2. The highest BCUT2D eigenvalue weighted by atomic mass is 15.2. The number of nitrogens with zero attached hydrogens (tertiary/aromatic N) is 3. The van der Waals surface area contributed by atoms with E-state index in [4.69, 9.17) is 0 Å². The van der Waals surface area contributed by atoms with Crippen molar-refractivity contribution in [2.24, 2.45) is 0 Å². The van der Waals surface area contributed by atoms with E-state index in [0.717, 1.165) is 29.9 Å². The Labute approximate surface area is 107 Å². The lowest BCUT2D eigenvalue weighted by molar-refractivity contribution is 0.443. The minimum Gasteiger partial charge on any atom is -0.354 e. The molecule has 1 fully saturated rings. The first-order valence-electron chi connectivity index (χ1n) is 6.50. The van der Waals surface area contributed by atoms with Gasteiger partial charge in [-0.25, -0.2) is 4.98 Å². The van der Waals surface area contributed by atoms with Crippen molar-refractivity contribution < 1.29 is 0 Å². The molecule has 0 spiro atoms. The molecule has 2 aromatic rings.